The van der Waals surface area contributed by atoms with Gasteiger partial charge >= 0.3 is 0 Å². The number of hydrogen-bond donors (Lipinski definition) is 1. The zero-order chi connectivity index (χ0) is 16.0. The summed E-state index contributed by atoms with van der Waals surface area (Å²) in [6.45, 7) is 2.11. The molecule has 0 aromatic heterocycles. The lowest BCUT2D eigenvalue weighted by molar-refractivity contribution is -0.124. The Labute approximate surface area is 124 Å². The lowest BCUT2D eigenvalue weighted by Crippen LogP contribution is -2.35. The number of carbonyl (C=O) groups is 1. The molecular formula is C14H19FN2O3S. The van der Waals surface area contributed by atoms with Gasteiger partial charge in [0.1, 0.15) is 5.82 Å². The van der Waals surface area contributed by atoms with Crippen LogP contribution in [0.2, 0.25) is 0 Å². The predicted molar refractivity (Wildman–Crippen MR) is 80.5 cm³/mol. The van der Waals surface area contributed by atoms with E-state index < -0.39 is 10.0 Å². The summed E-state index contributed by atoms with van der Waals surface area (Å²) in [7, 11) is -1.69. The van der Waals surface area contributed by atoms with E-state index in [0.29, 0.717) is 11.1 Å². The Morgan fingerprint density at radius 3 is 2.67 bits per heavy atom. The Balaban J connectivity index is 2.64. The maximum atomic E-state index is 13.1. The SMILES string of the molecule is C/C(=C/C(=O)N(C)CCNS(C)(=O)=O)c1cccc(F)c1. The molecule has 0 heterocycles. The zero-order valence-electron chi connectivity index (χ0n) is 12.3. The van der Waals surface area contributed by atoms with Crippen LogP contribution in [0.3, 0.4) is 0 Å². The van der Waals surface area contributed by atoms with Crippen molar-refractivity contribution in [3.63, 3.8) is 0 Å². The number of nitrogens with zero attached hydrogens (tertiary/aromatic N) is 1. The summed E-state index contributed by atoms with van der Waals surface area (Å²) < 4.78 is 37.3. The van der Waals surface area contributed by atoms with Crippen LogP contribution in [0.1, 0.15) is 12.5 Å². The van der Waals surface area contributed by atoms with E-state index in [1.807, 2.05) is 0 Å². The molecule has 0 atom stereocenters. The van der Waals surface area contributed by atoms with Crippen LogP contribution < -0.4 is 4.72 Å². The first-order valence-corrected chi connectivity index (χ1v) is 8.22. The van der Waals surface area contributed by atoms with Gasteiger partial charge in [0.15, 0.2) is 0 Å². The van der Waals surface area contributed by atoms with Crippen LogP contribution in [-0.2, 0) is 14.8 Å². The van der Waals surface area contributed by atoms with Crippen LogP contribution in [0, 0.1) is 5.82 Å². The molecule has 0 saturated heterocycles. The van der Waals surface area contributed by atoms with Crippen molar-refractivity contribution in [3.05, 3.63) is 41.7 Å². The van der Waals surface area contributed by atoms with E-state index in [2.05, 4.69) is 4.72 Å². The molecule has 0 bridgehead atoms. The van der Waals surface area contributed by atoms with Crippen LogP contribution in [-0.4, -0.2) is 45.6 Å². The highest BCUT2D eigenvalue weighted by Crippen LogP contribution is 2.14. The highest BCUT2D eigenvalue weighted by molar-refractivity contribution is 7.88. The molecule has 0 fully saturated rings. The molecule has 7 heteroatoms. The van der Waals surface area contributed by atoms with Crippen molar-refractivity contribution in [2.75, 3.05) is 26.4 Å². The highest BCUT2D eigenvalue weighted by Gasteiger charge is 2.08. The Morgan fingerprint density at radius 2 is 2.10 bits per heavy atom. The second-order valence-electron chi connectivity index (χ2n) is 4.76. The molecule has 116 valence electrons. The molecule has 1 aromatic rings. The minimum atomic E-state index is -3.26. The van der Waals surface area contributed by atoms with Crippen molar-refractivity contribution >= 4 is 21.5 Å². The number of carbonyl (C=O) groups excluding carboxylic acids is 1. The first-order chi connectivity index (χ1) is 9.69. The van der Waals surface area contributed by atoms with Crippen LogP contribution >= 0.6 is 0 Å². The number of allylic oxidation sites excluding steroid dienone is 1. The zero-order valence-corrected chi connectivity index (χ0v) is 13.1. The normalized spacial score (nSPS) is 12.3. The van der Waals surface area contributed by atoms with Gasteiger partial charge in [0.05, 0.1) is 6.26 Å². The fourth-order valence-electron chi connectivity index (χ4n) is 1.62. The third-order valence-electron chi connectivity index (χ3n) is 2.81. The van der Waals surface area contributed by atoms with Gasteiger partial charge in [-0.25, -0.2) is 17.5 Å². The molecular weight excluding hydrogens is 295 g/mol. The van der Waals surface area contributed by atoms with E-state index >= 15 is 0 Å². The Bertz CT molecular complexity index is 641. The fourth-order valence-corrected chi connectivity index (χ4v) is 2.08. The van der Waals surface area contributed by atoms with Gasteiger partial charge in [-0.1, -0.05) is 12.1 Å². The van der Waals surface area contributed by atoms with E-state index in [0.717, 1.165) is 6.26 Å². The van der Waals surface area contributed by atoms with Gasteiger partial charge < -0.3 is 4.90 Å². The van der Waals surface area contributed by atoms with Crippen molar-refractivity contribution < 1.29 is 17.6 Å². The summed E-state index contributed by atoms with van der Waals surface area (Å²) in [6.07, 6.45) is 2.46. The molecule has 0 saturated carbocycles. The quantitative estimate of drug-likeness (QED) is 0.803. The van der Waals surface area contributed by atoms with Gasteiger partial charge in [-0.05, 0) is 30.2 Å². The van der Waals surface area contributed by atoms with Crippen LogP contribution in [0.15, 0.2) is 30.3 Å². The summed E-state index contributed by atoms with van der Waals surface area (Å²) >= 11 is 0. The lowest BCUT2D eigenvalue weighted by Gasteiger charge is -2.15. The summed E-state index contributed by atoms with van der Waals surface area (Å²) in [6, 6.07) is 5.98. The predicted octanol–water partition coefficient (Wildman–Crippen LogP) is 1.24. The molecule has 1 N–H and O–H groups in total. The van der Waals surface area contributed by atoms with E-state index in [4.69, 9.17) is 0 Å². The van der Waals surface area contributed by atoms with Crippen molar-refractivity contribution in [3.8, 4) is 0 Å². The minimum Gasteiger partial charge on any atom is -0.341 e. The van der Waals surface area contributed by atoms with Gasteiger partial charge in [0.25, 0.3) is 0 Å². The number of likely N-dealkylation sites (N-methyl/N-ethyl adjacent to an activating group) is 1. The number of rotatable bonds is 6. The van der Waals surface area contributed by atoms with Crippen molar-refractivity contribution in [1.82, 2.24) is 9.62 Å². The third-order valence-corrected chi connectivity index (χ3v) is 3.54. The van der Waals surface area contributed by atoms with Crippen molar-refractivity contribution in [2.24, 2.45) is 0 Å². The number of halogens is 1. The monoisotopic (exact) mass is 314 g/mol. The molecule has 0 aliphatic rings. The van der Waals surface area contributed by atoms with Crippen molar-refractivity contribution in [1.29, 1.82) is 0 Å². The minimum absolute atomic E-state index is 0.147. The van der Waals surface area contributed by atoms with E-state index in [1.54, 1.807) is 26.1 Å². The molecule has 1 aromatic carbocycles. The summed E-state index contributed by atoms with van der Waals surface area (Å²) in [5, 5.41) is 0. The molecule has 0 spiro atoms. The standard InChI is InChI=1S/C14H19FN2O3S/c1-11(12-5-4-6-13(15)10-12)9-14(18)17(2)8-7-16-21(3,19)20/h4-6,9-10,16H,7-8H2,1-3H3/b11-9-. The molecule has 0 aliphatic heterocycles. The number of nitrogens with one attached hydrogen (secondary N) is 1. The fraction of sp³-hybridized carbons (Fsp3) is 0.357. The van der Waals surface area contributed by atoms with E-state index in [-0.39, 0.29) is 24.8 Å². The molecule has 5 nitrogen and oxygen atoms in total. The average Bonchev–Trinajstić information content (AvgIpc) is 2.36. The number of benzene rings is 1. The lowest BCUT2D eigenvalue weighted by atomic mass is 10.1. The second kappa shape index (κ2) is 7.33. The summed E-state index contributed by atoms with van der Waals surface area (Å²) in [4.78, 5) is 13.3. The van der Waals surface area contributed by atoms with Gasteiger partial charge in [0, 0.05) is 26.2 Å². The number of sulfonamides is 1. The number of amides is 1. The number of hydrogen-bond acceptors (Lipinski definition) is 3. The maximum Gasteiger partial charge on any atom is 0.246 e. The van der Waals surface area contributed by atoms with Crippen molar-refractivity contribution in [2.45, 2.75) is 6.92 Å². The van der Waals surface area contributed by atoms with Gasteiger partial charge in [0.2, 0.25) is 15.9 Å². The molecule has 0 unspecified atom stereocenters. The Hall–Kier alpha value is -1.73. The molecule has 0 aliphatic carbocycles. The second-order valence-corrected chi connectivity index (χ2v) is 6.60. The van der Waals surface area contributed by atoms with Crippen LogP contribution in [0.25, 0.3) is 5.57 Å². The maximum absolute atomic E-state index is 13.1. The van der Waals surface area contributed by atoms with Crippen LogP contribution in [0.5, 0.6) is 0 Å². The third kappa shape index (κ3) is 6.50. The smallest absolute Gasteiger partial charge is 0.246 e. The Morgan fingerprint density at radius 1 is 1.43 bits per heavy atom. The largest absolute Gasteiger partial charge is 0.341 e. The van der Waals surface area contributed by atoms with Gasteiger partial charge in [-0.2, -0.15) is 0 Å². The highest BCUT2D eigenvalue weighted by atomic mass is 32.2. The average molecular weight is 314 g/mol. The molecule has 1 rings (SSSR count). The first-order valence-electron chi connectivity index (χ1n) is 6.33. The van der Waals surface area contributed by atoms with Crippen LogP contribution in [0.4, 0.5) is 4.39 Å². The first kappa shape index (κ1) is 17.3. The topological polar surface area (TPSA) is 66.5 Å². The van der Waals surface area contributed by atoms with E-state index in [1.165, 1.54) is 23.1 Å². The molecule has 0 radical (unpaired) electrons. The summed E-state index contributed by atoms with van der Waals surface area (Å²) in [5.41, 5.74) is 1.27. The van der Waals surface area contributed by atoms with E-state index in [9.17, 15) is 17.6 Å². The summed E-state index contributed by atoms with van der Waals surface area (Å²) in [5.74, 6) is -0.634. The molecule has 1 amide bonds. The van der Waals surface area contributed by atoms with Gasteiger partial charge in [-0.3, -0.25) is 4.79 Å². The van der Waals surface area contributed by atoms with Gasteiger partial charge in [-0.15, -0.1) is 0 Å². The Kier molecular flexibility index (Phi) is 6.04. The molecule has 21 heavy (non-hydrogen) atoms.